The Balaban J connectivity index is 1.74. The van der Waals surface area contributed by atoms with E-state index >= 15 is 0 Å². The lowest BCUT2D eigenvalue weighted by atomic mass is 10.1. The van der Waals surface area contributed by atoms with Gasteiger partial charge in [0.25, 0.3) is 0 Å². The summed E-state index contributed by atoms with van der Waals surface area (Å²) in [7, 11) is 0. The molecule has 0 bridgehead atoms. The molecule has 5 nitrogen and oxygen atoms in total. The first kappa shape index (κ1) is 17.8. The summed E-state index contributed by atoms with van der Waals surface area (Å²) in [5, 5.41) is 24.3. The highest BCUT2D eigenvalue weighted by Gasteiger charge is 2.08. The fourth-order valence-electron chi connectivity index (χ4n) is 2.45. The van der Waals surface area contributed by atoms with Crippen molar-refractivity contribution in [1.29, 1.82) is 0 Å². The van der Waals surface area contributed by atoms with Gasteiger partial charge in [-0.2, -0.15) is 0 Å². The largest absolute Gasteiger partial charge is 0.508 e. The number of hydrogen-bond donors (Lipinski definition) is 4. The molecule has 0 spiro atoms. The first-order chi connectivity index (χ1) is 11.6. The fourth-order valence-corrected chi connectivity index (χ4v) is 2.45. The molecule has 0 heterocycles. The summed E-state index contributed by atoms with van der Waals surface area (Å²) in [6.07, 6.45) is 1.64. The Morgan fingerprint density at radius 1 is 1.08 bits per heavy atom. The molecule has 5 heteroatoms. The normalized spacial score (nSPS) is 11.8. The summed E-state index contributed by atoms with van der Waals surface area (Å²) >= 11 is 0. The molecule has 0 aliphatic heterocycles. The van der Waals surface area contributed by atoms with Gasteiger partial charge >= 0.3 is 6.03 Å². The Morgan fingerprint density at radius 3 is 2.42 bits per heavy atom. The molecule has 2 aromatic rings. The lowest BCUT2D eigenvalue weighted by Gasteiger charge is -2.15. The van der Waals surface area contributed by atoms with Crippen LogP contribution in [0.3, 0.4) is 0 Å². The van der Waals surface area contributed by atoms with E-state index in [0.29, 0.717) is 6.54 Å². The number of benzene rings is 2. The van der Waals surface area contributed by atoms with E-state index < -0.39 is 0 Å². The van der Waals surface area contributed by atoms with E-state index in [2.05, 4.69) is 10.6 Å². The van der Waals surface area contributed by atoms with Gasteiger partial charge in [0.2, 0.25) is 0 Å². The average Bonchev–Trinajstić information content (AvgIpc) is 2.59. The molecular weight excluding hydrogens is 304 g/mol. The summed E-state index contributed by atoms with van der Waals surface area (Å²) in [5.41, 5.74) is 2.85. The number of aliphatic hydroxyl groups excluding tert-OH is 1. The van der Waals surface area contributed by atoms with Gasteiger partial charge in [-0.05, 0) is 48.6 Å². The van der Waals surface area contributed by atoms with Crippen molar-refractivity contribution in [2.75, 3.05) is 0 Å². The van der Waals surface area contributed by atoms with E-state index in [9.17, 15) is 15.0 Å². The van der Waals surface area contributed by atoms with Crippen LogP contribution >= 0.6 is 0 Å². The van der Waals surface area contributed by atoms with Crippen molar-refractivity contribution in [3.63, 3.8) is 0 Å². The second kappa shape index (κ2) is 8.93. The molecule has 1 atom stereocenters. The molecule has 2 aromatic carbocycles. The molecule has 1 unspecified atom stereocenters. The van der Waals surface area contributed by atoms with E-state index in [-0.39, 0.29) is 24.4 Å². The van der Waals surface area contributed by atoms with Gasteiger partial charge in [-0.3, -0.25) is 0 Å². The topological polar surface area (TPSA) is 81.6 Å². The van der Waals surface area contributed by atoms with Crippen LogP contribution in [0.25, 0.3) is 0 Å². The quantitative estimate of drug-likeness (QED) is 0.631. The minimum absolute atomic E-state index is 0.0342. The molecule has 0 aromatic heterocycles. The lowest BCUT2D eigenvalue weighted by molar-refractivity contribution is 0.236. The van der Waals surface area contributed by atoms with Crippen LogP contribution in [0.5, 0.6) is 5.75 Å². The molecule has 0 saturated heterocycles. The Labute approximate surface area is 142 Å². The molecule has 4 N–H and O–H groups in total. The predicted octanol–water partition coefficient (Wildman–Crippen LogP) is 2.71. The van der Waals surface area contributed by atoms with Crippen molar-refractivity contribution in [3.8, 4) is 5.75 Å². The van der Waals surface area contributed by atoms with Crippen LogP contribution in [0.4, 0.5) is 4.79 Å². The Hall–Kier alpha value is -2.53. The Kier molecular flexibility index (Phi) is 6.63. The van der Waals surface area contributed by atoms with Gasteiger partial charge in [0.05, 0.1) is 6.61 Å². The maximum Gasteiger partial charge on any atom is 0.315 e. The zero-order valence-corrected chi connectivity index (χ0v) is 13.8. The Morgan fingerprint density at radius 2 is 1.75 bits per heavy atom. The maximum absolute atomic E-state index is 12.0. The van der Waals surface area contributed by atoms with Crippen molar-refractivity contribution < 1.29 is 15.0 Å². The number of aryl methyl sites for hydroxylation is 1. The number of hydrogen-bond acceptors (Lipinski definition) is 3. The van der Waals surface area contributed by atoms with Gasteiger partial charge in [-0.25, -0.2) is 4.79 Å². The standard InChI is InChI=1S/C19H24N2O3/c1-14(6-7-15-8-10-18(23)11-9-15)21-19(24)20-12-16-4-2-3-5-17(16)13-22/h2-5,8-11,14,22-23H,6-7,12-13H2,1H3,(H2,20,21,24). The number of nitrogens with one attached hydrogen (secondary N) is 2. The van der Waals surface area contributed by atoms with E-state index in [1.54, 1.807) is 12.1 Å². The van der Waals surface area contributed by atoms with Gasteiger partial charge in [0, 0.05) is 12.6 Å². The molecule has 128 valence electrons. The number of aliphatic hydroxyl groups is 1. The van der Waals surface area contributed by atoms with E-state index in [1.807, 2.05) is 43.3 Å². The number of carbonyl (C=O) groups is 1. The monoisotopic (exact) mass is 328 g/mol. The highest BCUT2D eigenvalue weighted by Crippen LogP contribution is 2.12. The van der Waals surface area contributed by atoms with E-state index in [4.69, 9.17) is 0 Å². The van der Waals surface area contributed by atoms with Crippen molar-refractivity contribution >= 4 is 6.03 Å². The molecule has 0 aliphatic rings. The zero-order chi connectivity index (χ0) is 17.4. The number of carbonyl (C=O) groups excluding carboxylic acids is 1. The van der Waals surface area contributed by atoms with Gasteiger partial charge in [0.1, 0.15) is 5.75 Å². The third-order valence-electron chi connectivity index (χ3n) is 3.91. The number of amides is 2. The van der Waals surface area contributed by atoms with Crippen LogP contribution in [0, 0.1) is 0 Å². The van der Waals surface area contributed by atoms with Crippen molar-refractivity contribution in [3.05, 3.63) is 65.2 Å². The zero-order valence-electron chi connectivity index (χ0n) is 13.8. The number of aromatic hydroxyl groups is 1. The lowest BCUT2D eigenvalue weighted by Crippen LogP contribution is -2.40. The third kappa shape index (κ3) is 5.59. The highest BCUT2D eigenvalue weighted by molar-refractivity contribution is 5.74. The molecule has 0 aliphatic carbocycles. The Bertz CT molecular complexity index is 656. The fraction of sp³-hybridized carbons (Fsp3) is 0.316. The van der Waals surface area contributed by atoms with Crippen LogP contribution < -0.4 is 10.6 Å². The smallest absolute Gasteiger partial charge is 0.315 e. The van der Waals surface area contributed by atoms with Crippen molar-refractivity contribution in [2.24, 2.45) is 0 Å². The van der Waals surface area contributed by atoms with Crippen LogP contribution in [-0.2, 0) is 19.6 Å². The van der Waals surface area contributed by atoms with Gasteiger partial charge in [0.15, 0.2) is 0 Å². The number of phenols is 1. The summed E-state index contributed by atoms with van der Waals surface area (Å²) in [6.45, 7) is 2.30. The molecule has 0 fully saturated rings. The van der Waals surface area contributed by atoms with Crippen molar-refractivity contribution in [2.45, 2.75) is 39.0 Å². The average molecular weight is 328 g/mol. The molecule has 2 amide bonds. The second-order valence-corrected chi connectivity index (χ2v) is 5.86. The number of urea groups is 1. The predicted molar refractivity (Wildman–Crippen MR) is 93.6 cm³/mol. The minimum atomic E-state index is -0.221. The summed E-state index contributed by atoms with van der Waals surface area (Å²) in [4.78, 5) is 12.0. The van der Waals surface area contributed by atoms with Gasteiger partial charge in [-0.1, -0.05) is 36.4 Å². The summed E-state index contributed by atoms with van der Waals surface area (Å²) in [5.74, 6) is 0.257. The van der Waals surface area contributed by atoms with Crippen LogP contribution in [0.15, 0.2) is 48.5 Å². The first-order valence-corrected chi connectivity index (χ1v) is 8.08. The van der Waals surface area contributed by atoms with Crippen LogP contribution in [0.1, 0.15) is 30.0 Å². The SMILES string of the molecule is CC(CCc1ccc(O)cc1)NC(=O)NCc1ccccc1CO. The van der Waals surface area contributed by atoms with Crippen LogP contribution in [0.2, 0.25) is 0 Å². The molecule has 0 radical (unpaired) electrons. The van der Waals surface area contributed by atoms with Crippen molar-refractivity contribution in [1.82, 2.24) is 10.6 Å². The second-order valence-electron chi connectivity index (χ2n) is 5.86. The highest BCUT2D eigenvalue weighted by atomic mass is 16.3. The van der Waals surface area contributed by atoms with Gasteiger partial charge in [-0.15, -0.1) is 0 Å². The minimum Gasteiger partial charge on any atom is -0.508 e. The van der Waals surface area contributed by atoms with E-state index in [0.717, 1.165) is 29.5 Å². The molecule has 0 saturated carbocycles. The third-order valence-corrected chi connectivity index (χ3v) is 3.91. The summed E-state index contributed by atoms with van der Waals surface area (Å²) < 4.78 is 0. The maximum atomic E-state index is 12.0. The summed E-state index contributed by atoms with van der Waals surface area (Å²) in [6, 6.07) is 14.4. The number of phenolic OH excluding ortho intramolecular Hbond substituents is 1. The van der Waals surface area contributed by atoms with Crippen LogP contribution in [-0.4, -0.2) is 22.3 Å². The first-order valence-electron chi connectivity index (χ1n) is 8.08. The van der Waals surface area contributed by atoms with E-state index in [1.165, 1.54) is 0 Å². The van der Waals surface area contributed by atoms with Gasteiger partial charge < -0.3 is 20.8 Å². The molecule has 24 heavy (non-hydrogen) atoms. The molecule has 2 rings (SSSR count). The molecular formula is C19H24N2O3. The number of rotatable bonds is 7.